The molecule has 0 aliphatic carbocycles. The van der Waals surface area contributed by atoms with E-state index in [0.717, 1.165) is 19.4 Å². The molecule has 0 bridgehead atoms. The first-order valence-corrected chi connectivity index (χ1v) is 8.34. The average Bonchev–Trinajstić information content (AvgIpc) is 3.02. The van der Waals surface area contributed by atoms with E-state index >= 15 is 0 Å². The monoisotopic (exact) mass is 299 g/mol. The van der Waals surface area contributed by atoms with Gasteiger partial charge in [0.25, 0.3) is 0 Å². The predicted molar refractivity (Wildman–Crippen MR) is 77.6 cm³/mol. The number of thioether (sulfide) groups is 1. The van der Waals surface area contributed by atoms with Gasteiger partial charge in [-0.3, -0.25) is 9.59 Å². The van der Waals surface area contributed by atoms with E-state index in [1.54, 1.807) is 11.3 Å². The summed E-state index contributed by atoms with van der Waals surface area (Å²) >= 11 is 3.10. The van der Waals surface area contributed by atoms with Gasteiger partial charge in [-0.2, -0.15) is 11.8 Å². The number of hydrogen-bond donors (Lipinski definition) is 1. The number of carbonyl (C=O) groups excluding carboxylic acids is 1. The maximum Gasteiger partial charge on any atom is 0.304 e. The van der Waals surface area contributed by atoms with Gasteiger partial charge in [0.05, 0.1) is 18.2 Å². The quantitative estimate of drug-likeness (QED) is 0.820. The molecule has 2 rings (SSSR count). The minimum absolute atomic E-state index is 0.117. The highest BCUT2D eigenvalue weighted by Crippen LogP contribution is 2.34. The topological polar surface area (TPSA) is 57.6 Å². The van der Waals surface area contributed by atoms with Crippen molar-refractivity contribution in [3.05, 3.63) is 22.4 Å². The largest absolute Gasteiger partial charge is 0.481 e. The first-order valence-electron chi connectivity index (χ1n) is 6.31. The highest BCUT2D eigenvalue weighted by atomic mass is 32.2. The van der Waals surface area contributed by atoms with Crippen LogP contribution in [0.3, 0.4) is 0 Å². The molecule has 6 heteroatoms. The van der Waals surface area contributed by atoms with E-state index in [4.69, 9.17) is 5.11 Å². The molecule has 104 valence electrons. The standard InChI is InChI=1S/C13H17NO3S2/c15-12(9-18-8-5-13(16)17)14-6-1-3-10(14)11-4-2-7-19-11/h2,4,7,10H,1,3,5-6,8-9H2,(H,16,17). The van der Waals surface area contributed by atoms with Crippen LogP contribution < -0.4 is 0 Å². The average molecular weight is 299 g/mol. The van der Waals surface area contributed by atoms with Crippen LogP contribution in [-0.4, -0.2) is 39.9 Å². The van der Waals surface area contributed by atoms with E-state index in [1.807, 2.05) is 16.3 Å². The second-order valence-corrected chi connectivity index (χ2v) is 6.54. The summed E-state index contributed by atoms with van der Waals surface area (Å²) in [5, 5.41) is 10.6. The van der Waals surface area contributed by atoms with Crippen LogP contribution in [0.1, 0.15) is 30.2 Å². The molecule has 0 saturated carbocycles. The number of likely N-dealkylation sites (tertiary alicyclic amines) is 1. The van der Waals surface area contributed by atoms with Crippen LogP contribution >= 0.6 is 23.1 Å². The van der Waals surface area contributed by atoms with E-state index < -0.39 is 5.97 Å². The van der Waals surface area contributed by atoms with E-state index in [-0.39, 0.29) is 18.4 Å². The summed E-state index contributed by atoms with van der Waals surface area (Å²) in [7, 11) is 0. The van der Waals surface area contributed by atoms with Gasteiger partial charge in [-0.25, -0.2) is 0 Å². The van der Waals surface area contributed by atoms with E-state index in [9.17, 15) is 9.59 Å². The highest BCUT2D eigenvalue weighted by Gasteiger charge is 2.30. The molecule has 0 aromatic carbocycles. The fourth-order valence-electron chi connectivity index (χ4n) is 2.24. The number of hydrogen-bond acceptors (Lipinski definition) is 4. The zero-order valence-electron chi connectivity index (χ0n) is 10.6. The molecule has 1 aromatic heterocycles. The molecule has 2 heterocycles. The Balaban J connectivity index is 1.83. The molecule has 0 radical (unpaired) electrons. The summed E-state index contributed by atoms with van der Waals surface area (Å²) in [6, 6.07) is 4.33. The molecule has 19 heavy (non-hydrogen) atoms. The smallest absolute Gasteiger partial charge is 0.304 e. The number of carbonyl (C=O) groups is 2. The van der Waals surface area contributed by atoms with Crippen LogP contribution in [0.2, 0.25) is 0 Å². The molecule has 1 atom stereocenters. The SMILES string of the molecule is O=C(O)CCSCC(=O)N1CCCC1c1cccs1. The normalized spacial score (nSPS) is 18.7. The van der Waals surface area contributed by atoms with Gasteiger partial charge in [-0.15, -0.1) is 11.3 Å². The minimum Gasteiger partial charge on any atom is -0.481 e. The maximum atomic E-state index is 12.2. The number of carboxylic acid groups (broad SMARTS) is 1. The number of nitrogens with zero attached hydrogens (tertiary/aromatic N) is 1. The van der Waals surface area contributed by atoms with E-state index in [2.05, 4.69) is 6.07 Å². The Morgan fingerprint density at radius 2 is 2.37 bits per heavy atom. The molecule has 1 aliphatic heterocycles. The van der Waals surface area contributed by atoms with Crippen LogP contribution in [0.4, 0.5) is 0 Å². The van der Waals surface area contributed by atoms with Crippen molar-refractivity contribution in [2.45, 2.75) is 25.3 Å². The molecule has 1 aliphatic rings. The Morgan fingerprint density at radius 3 is 3.05 bits per heavy atom. The number of carboxylic acids is 1. The van der Waals surface area contributed by atoms with Crippen LogP contribution in [0, 0.1) is 0 Å². The van der Waals surface area contributed by atoms with Crippen molar-refractivity contribution in [3.63, 3.8) is 0 Å². The van der Waals surface area contributed by atoms with Crippen molar-refractivity contribution < 1.29 is 14.7 Å². The molecule has 1 N–H and O–H groups in total. The van der Waals surface area contributed by atoms with Crippen LogP contribution in [0.25, 0.3) is 0 Å². The summed E-state index contributed by atoms with van der Waals surface area (Å²) < 4.78 is 0. The molecular formula is C13H17NO3S2. The van der Waals surface area contributed by atoms with Crippen molar-refractivity contribution in [2.75, 3.05) is 18.1 Å². The van der Waals surface area contributed by atoms with Crippen LogP contribution in [0.5, 0.6) is 0 Å². The second kappa shape index (κ2) is 6.96. The number of amides is 1. The molecule has 1 fully saturated rings. The molecule has 1 unspecified atom stereocenters. The molecule has 1 amide bonds. The van der Waals surface area contributed by atoms with Crippen LogP contribution in [0.15, 0.2) is 17.5 Å². The Hall–Kier alpha value is -1.01. The Morgan fingerprint density at radius 1 is 1.53 bits per heavy atom. The summed E-state index contributed by atoms with van der Waals surface area (Å²) in [5.41, 5.74) is 0. The third kappa shape index (κ3) is 3.98. The molecule has 1 saturated heterocycles. The third-order valence-electron chi connectivity index (χ3n) is 3.13. The summed E-state index contributed by atoms with van der Waals surface area (Å²) in [6.45, 7) is 0.820. The van der Waals surface area contributed by atoms with Gasteiger partial charge in [0.15, 0.2) is 0 Å². The Kier molecular flexibility index (Phi) is 5.27. The van der Waals surface area contributed by atoms with Gasteiger partial charge in [0.2, 0.25) is 5.91 Å². The number of rotatable bonds is 6. The van der Waals surface area contributed by atoms with Crippen molar-refractivity contribution in [1.29, 1.82) is 0 Å². The first kappa shape index (κ1) is 14.4. The number of aliphatic carboxylic acids is 1. The Bertz CT molecular complexity index is 433. The lowest BCUT2D eigenvalue weighted by Gasteiger charge is -2.23. The van der Waals surface area contributed by atoms with Gasteiger partial charge >= 0.3 is 5.97 Å². The van der Waals surface area contributed by atoms with Crippen molar-refractivity contribution in [3.8, 4) is 0 Å². The van der Waals surface area contributed by atoms with Crippen molar-refractivity contribution in [1.82, 2.24) is 4.90 Å². The number of thiophene rings is 1. The van der Waals surface area contributed by atoms with Gasteiger partial charge < -0.3 is 10.0 Å². The van der Waals surface area contributed by atoms with Gasteiger partial charge in [-0.1, -0.05) is 6.07 Å². The zero-order valence-corrected chi connectivity index (χ0v) is 12.2. The van der Waals surface area contributed by atoms with Gasteiger partial charge in [-0.05, 0) is 24.3 Å². The zero-order chi connectivity index (χ0) is 13.7. The lowest BCUT2D eigenvalue weighted by Crippen LogP contribution is -2.31. The maximum absolute atomic E-state index is 12.2. The van der Waals surface area contributed by atoms with Crippen molar-refractivity contribution >= 4 is 35.0 Å². The van der Waals surface area contributed by atoms with Crippen LogP contribution in [-0.2, 0) is 9.59 Å². The lowest BCUT2D eigenvalue weighted by atomic mass is 10.2. The summed E-state index contributed by atoms with van der Waals surface area (Å²) in [4.78, 5) is 25.8. The minimum atomic E-state index is -0.808. The van der Waals surface area contributed by atoms with Crippen molar-refractivity contribution in [2.24, 2.45) is 0 Å². The second-order valence-electron chi connectivity index (χ2n) is 4.46. The van der Waals surface area contributed by atoms with E-state index in [0.29, 0.717) is 11.5 Å². The lowest BCUT2D eigenvalue weighted by molar-refractivity contribution is -0.136. The van der Waals surface area contributed by atoms with Gasteiger partial charge in [0.1, 0.15) is 0 Å². The molecular weight excluding hydrogens is 282 g/mol. The van der Waals surface area contributed by atoms with Gasteiger partial charge in [0, 0.05) is 17.2 Å². The molecule has 0 spiro atoms. The fraction of sp³-hybridized carbons (Fsp3) is 0.538. The highest BCUT2D eigenvalue weighted by molar-refractivity contribution is 7.99. The fourth-order valence-corrected chi connectivity index (χ4v) is 3.92. The Labute approximate surface area is 120 Å². The molecule has 1 aromatic rings. The summed E-state index contributed by atoms with van der Waals surface area (Å²) in [6.07, 6.45) is 2.20. The first-order chi connectivity index (χ1) is 9.18. The van der Waals surface area contributed by atoms with E-state index in [1.165, 1.54) is 16.6 Å². The summed E-state index contributed by atoms with van der Waals surface area (Å²) in [5.74, 6) is 0.206. The third-order valence-corrected chi connectivity index (χ3v) is 5.05. The predicted octanol–water partition coefficient (Wildman–Crippen LogP) is 2.62. The molecule has 4 nitrogen and oxygen atoms in total.